The molecule has 0 bridgehead atoms. The number of aromatic nitrogens is 2. The third kappa shape index (κ3) is 2.71. The second-order valence-corrected chi connectivity index (χ2v) is 4.68. The van der Waals surface area contributed by atoms with Crippen molar-refractivity contribution in [2.75, 3.05) is 11.5 Å². The summed E-state index contributed by atoms with van der Waals surface area (Å²) in [6, 6.07) is 0. The van der Waals surface area contributed by atoms with Crippen molar-refractivity contribution >= 4 is 17.7 Å². The molecule has 82 valence electrons. The van der Waals surface area contributed by atoms with Gasteiger partial charge < -0.3 is 9.63 Å². The van der Waals surface area contributed by atoms with Gasteiger partial charge in [-0.25, -0.2) is 0 Å². The van der Waals surface area contributed by atoms with Crippen LogP contribution in [0, 0.1) is 0 Å². The van der Waals surface area contributed by atoms with Gasteiger partial charge in [-0.3, -0.25) is 4.79 Å². The van der Waals surface area contributed by atoms with E-state index in [4.69, 9.17) is 9.63 Å². The average Bonchev–Trinajstić information content (AvgIpc) is 2.67. The quantitative estimate of drug-likeness (QED) is 0.840. The van der Waals surface area contributed by atoms with Crippen molar-refractivity contribution in [2.24, 2.45) is 0 Å². The molecule has 1 aliphatic heterocycles. The van der Waals surface area contributed by atoms with Gasteiger partial charge in [-0.1, -0.05) is 5.16 Å². The summed E-state index contributed by atoms with van der Waals surface area (Å²) in [7, 11) is 0. The Morgan fingerprint density at radius 2 is 2.53 bits per heavy atom. The Kier molecular flexibility index (Phi) is 3.25. The lowest BCUT2D eigenvalue weighted by atomic mass is 10.1. The van der Waals surface area contributed by atoms with Gasteiger partial charge >= 0.3 is 5.97 Å². The lowest BCUT2D eigenvalue weighted by Crippen LogP contribution is -2.09. The zero-order valence-electron chi connectivity index (χ0n) is 8.18. The largest absolute Gasteiger partial charge is 0.481 e. The molecule has 1 unspecified atom stereocenters. The first-order valence-electron chi connectivity index (χ1n) is 4.87. The molecular formula is C9H12N2O3S. The first-order valence-corrected chi connectivity index (χ1v) is 6.03. The Balaban J connectivity index is 2.02. The molecule has 0 amide bonds. The number of rotatable bonds is 3. The highest BCUT2D eigenvalue weighted by molar-refractivity contribution is 7.99. The number of carbonyl (C=O) groups is 1. The SMILES string of the molecule is O=C(O)Cc1noc(C2CCCSC2)n1. The van der Waals surface area contributed by atoms with Crippen molar-refractivity contribution < 1.29 is 14.4 Å². The molecule has 0 aromatic carbocycles. The van der Waals surface area contributed by atoms with Crippen molar-refractivity contribution in [2.45, 2.75) is 25.2 Å². The van der Waals surface area contributed by atoms with Crippen LogP contribution in [0.2, 0.25) is 0 Å². The lowest BCUT2D eigenvalue weighted by Gasteiger charge is -2.16. The van der Waals surface area contributed by atoms with Gasteiger partial charge in [0, 0.05) is 11.7 Å². The van der Waals surface area contributed by atoms with E-state index in [2.05, 4.69) is 10.1 Å². The van der Waals surface area contributed by atoms with Crippen LogP contribution in [0.5, 0.6) is 0 Å². The summed E-state index contributed by atoms with van der Waals surface area (Å²) in [6.45, 7) is 0. The molecule has 1 N–H and O–H groups in total. The third-order valence-electron chi connectivity index (χ3n) is 2.30. The molecule has 6 heteroatoms. The smallest absolute Gasteiger partial charge is 0.311 e. The number of aliphatic carboxylic acids is 1. The maximum Gasteiger partial charge on any atom is 0.311 e. The van der Waals surface area contributed by atoms with E-state index >= 15 is 0 Å². The fourth-order valence-electron chi connectivity index (χ4n) is 1.58. The van der Waals surface area contributed by atoms with Crippen LogP contribution in [-0.2, 0) is 11.2 Å². The number of thioether (sulfide) groups is 1. The Morgan fingerprint density at radius 3 is 3.20 bits per heavy atom. The van der Waals surface area contributed by atoms with Gasteiger partial charge in [0.05, 0.1) is 0 Å². The monoisotopic (exact) mass is 228 g/mol. The minimum absolute atomic E-state index is 0.163. The number of nitrogens with zero attached hydrogens (tertiary/aromatic N) is 2. The number of carboxylic acids is 1. The Morgan fingerprint density at radius 1 is 1.67 bits per heavy atom. The molecular weight excluding hydrogens is 216 g/mol. The van der Waals surface area contributed by atoms with Crippen LogP contribution in [-0.4, -0.2) is 32.7 Å². The van der Waals surface area contributed by atoms with Crippen LogP contribution < -0.4 is 0 Å². The zero-order chi connectivity index (χ0) is 10.7. The van der Waals surface area contributed by atoms with Crippen LogP contribution in [0.15, 0.2) is 4.52 Å². The minimum Gasteiger partial charge on any atom is -0.481 e. The van der Waals surface area contributed by atoms with E-state index in [0.717, 1.165) is 18.6 Å². The highest BCUT2D eigenvalue weighted by Gasteiger charge is 2.22. The van der Waals surface area contributed by atoms with Crippen molar-refractivity contribution in [3.63, 3.8) is 0 Å². The Bertz CT molecular complexity index is 347. The fourth-order valence-corrected chi connectivity index (χ4v) is 2.71. The average molecular weight is 228 g/mol. The molecule has 0 saturated carbocycles. The van der Waals surface area contributed by atoms with E-state index in [0.29, 0.717) is 11.8 Å². The van der Waals surface area contributed by atoms with E-state index < -0.39 is 5.97 Å². The standard InChI is InChI=1S/C9H12N2O3S/c12-8(13)4-7-10-9(14-11-7)6-2-1-3-15-5-6/h6H,1-5H2,(H,12,13). The molecule has 1 aromatic heterocycles. The van der Waals surface area contributed by atoms with E-state index in [1.54, 1.807) is 0 Å². The molecule has 1 atom stereocenters. The summed E-state index contributed by atoms with van der Waals surface area (Å²) in [4.78, 5) is 14.5. The normalized spacial score (nSPS) is 21.5. The maximum absolute atomic E-state index is 10.4. The third-order valence-corrected chi connectivity index (χ3v) is 3.52. The van der Waals surface area contributed by atoms with E-state index in [9.17, 15) is 4.79 Å². The van der Waals surface area contributed by atoms with Crippen LogP contribution in [0.1, 0.15) is 30.5 Å². The molecule has 1 aliphatic rings. The number of hydrogen-bond acceptors (Lipinski definition) is 5. The summed E-state index contributed by atoms with van der Waals surface area (Å²) < 4.78 is 5.07. The first kappa shape index (κ1) is 10.5. The van der Waals surface area contributed by atoms with Crippen LogP contribution >= 0.6 is 11.8 Å². The van der Waals surface area contributed by atoms with Gasteiger partial charge in [0.15, 0.2) is 5.82 Å². The summed E-state index contributed by atoms with van der Waals surface area (Å²) >= 11 is 1.88. The van der Waals surface area contributed by atoms with Crippen LogP contribution in [0.4, 0.5) is 0 Å². The molecule has 1 fully saturated rings. The molecule has 0 spiro atoms. The molecule has 0 radical (unpaired) electrons. The van der Waals surface area contributed by atoms with E-state index in [1.165, 1.54) is 5.75 Å². The Labute approximate surface area is 91.2 Å². The summed E-state index contributed by atoms with van der Waals surface area (Å²) in [6.07, 6.45) is 2.05. The molecule has 0 aliphatic carbocycles. The van der Waals surface area contributed by atoms with Gasteiger partial charge in [0.2, 0.25) is 5.89 Å². The number of carboxylic acid groups (broad SMARTS) is 1. The van der Waals surface area contributed by atoms with Crippen molar-refractivity contribution in [3.05, 3.63) is 11.7 Å². The van der Waals surface area contributed by atoms with Gasteiger partial charge in [-0.15, -0.1) is 0 Å². The predicted octanol–water partition coefficient (Wildman–Crippen LogP) is 1.31. The van der Waals surface area contributed by atoms with Crippen molar-refractivity contribution in [1.29, 1.82) is 0 Å². The fraction of sp³-hybridized carbons (Fsp3) is 0.667. The van der Waals surface area contributed by atoms with Gasteiger partial charge in [0.25, 0.3) is 0 Å². The molecule has 2 rings (SSSR count). The first-order chi connectivity index (χ1) is 7.25. The van der Waals surface area contributed by atoms with Crippen LogP contribution in [0.3, 0.4) is 0 Å². The van der Waals surface area contributed by atoms with Gasteiger partial charge in [-0.2, -0.15) is 16.7 Å². The highest BCUT2D eigenvalue weighted by Crippen LogP contribution is 2.29. The van der Waals surface area contributed by atoms with Gasteiger partial charge in [0.1, 0.15) is 6.42 Å². The van der Waals surface area contributed by atoms with Crippen LogP contribution in [0.25, 0.3) is 0 Å². The highest BCUT2D eigenvalue weighted by atomic mass is 32.2. The zero-order valence-corrected chi connectivity index (χ0v) is 9.00. The maximum atomic E-state index is 10.4. The minimum atomic E-state index is -0.930. The Hall–Kier alpha value is -1.04. The summed E-state index contributed by atoms with van der Waals surface area (Å²) in [5.74, 6) is 2.42. The molecule has 1 saturated heterocycles. The van der Waals surface area contributed by atoms with Crippen molar-refractivity contribution in [1.82, 2.24) is 10.1 Å². The van der Waals surface area contributed by atoms with Crippen molar-refractivity contribution in [3.8, 4) is 0 Å². The second-order valence-electron chi connectivity index (χ2n) is 3.53. The molecule has 1 aromatic rings. The lowest BCUT2D eigenvalue weighted by molar-refractivity contribution is -0.136. The predicted molar refractivity (Wildman–Crippen MR) is 54.9 cm³/mol. The van der Waals surface area contributed by atoms with E-state index in [1.807, 2.05) is 11.8 Å². The number of hydrogen-bond donors (Lipinski definition) is 1. The second kappa shape index (κ2) is 4.65. The summed E-state index contributed by atoms with van der Waals surface area (Å²) in [5.41, 5.74) is 0. The molecule has 15 heavy (non-hydrogen) atoms. The van der Waals surface area contributed by atoms with E-state index in [-0.39, 0.29) is 12.2 Å². The summed E-state index contributed by atoms with van der Waals surface area (Å²) in [5, 5.41) is 12.2. The molecule has 2 heterocycles. The molecule has 5 nitrogen and oxygen atoms in total. The van der Waals surface area contributed by atoms with Gasteiger partial charge in [-0.05, 0) is 18.6 Å². The topological polar surface area (TPSA) is 76.2 Å².